The quantitative estimate of drug-likeness (QED) is 0.752. The SMILES string of the molecule is COc1ccc(C(=O)n2c(-c3cc(C(C)C)ccc3O)n[nH]c2=O)cc1. The summed E-state index contributed by atoms with van der Waals surface area (Å²) in [6.07, 6.45) is 0. The van der Waals surface area contributed by atoms with Crippen molar-refractivity contribution in [2.75, 3.05) is 7.11 Å². The van der Waals surface area contributed by atoms with Crippen LogP contribution >= 0.6 is 0 Å². The molecule has 0 aliphatic heterocycles. The van der Waals surface area contributed by atoms with Crippen molar-refractivity contribution in [3.05, 3.63) is 64.1 Å². The van der Waals surface area contributed by atoms with Gasteiger partial charge in [0.15, 0.2) is 5.82 Å². The van der Waals surface area contributed by atoms with E-state index in [-0.39, 0.29) is 17.5 Å². The maximum atomic E-state index is 12.8. The van der Waals surface area contributed by atoms with Crippen LogP contribution in [0.1, 0.15) is 35.7 Å². The van der Waals surface area contributed by atoms with Crippen molar-refractivity contribution < 1.29 is 14.6 Å². The number of nitrogens with zero attached hydrogens (tertiary/aromatic N) is 2. The summed E-state index contributed by atoms with van der Waals surface area (Å²) in [5.74, 6) is 0.276. The average Bonchev–Trinajstić information content (AvgIpc) is 3.02. The smallest absolute Gasteiger partial charge is 0.350 e. The van der Waals surface area contributed by atoms with Gasteiger partial charge < -0.3 is 9.84 Å². The number of nitrogens with one attached hydrogen (secondary N) is 1. The summed E-state index contributed by atoms with van der Waals surface area (Å²) < 4.78 is 5.99. The molecule has 26 heavy (non-hydrogen) atoms. The predicted molar refractivity (Wildman–Crippen MR) is 96.8 cm³/mol. The third-order valence-corrected chi connectivity index (χ3v) is 4.14. The monoisotopic (exact) mass is 353 g/mol. The van der Waals surface area contributed by atoms with E-state index >= 15 is 0 Å². The van der Waals surface area contributed by atoms with Gasteiger partial charge in [0.1, 0.15) is 11.5 Å². The van der Waals surface area contributed by atoms with Gasteiger partial charge in [0.2, 0.25) is 0 Å². The highest BCUT2D eigenvalue weighted by Gasteiger charge is 2.21. The Labute approximate surface area is 149 Å². The molecule has 3 rings (SSSR count). The van der Waals surface area contributed by atoms with Crippen LogP contribution in [-0.2, 0) is 0 Å². The van der Waals surface area contributed by atoms with Crippen LogP contribution in [0, 0.1) is 0 Å². The summed E-state index contributed by atoms with van der Waals surface area (Å²) in [5.41, 5.74) is 0.901. The third-order valence-electron chi connectivity index (χ3n) is 4.14. The lowest BCUT2D eigenvalue weighted by Crippen LogP contribution is -2.25. The van der Waals surface area contributed by atoms with Gasteiger partial charge in [-0.2, -0.15) is 5.10 Å². The molecule has 1 heterocycles. The van der Waals surface area contributed by atoms with Crippen molar-refractivity contribution in [1.29, 1.82) is 0 Å². The molecule has 0 saturated carbocycles. The van der Waals surface area contributed by atoms with E-state index in [4.69, 9.17) is 4.74 Å². The summed E-state index contributed by atoms with van der Waals surface area (Å²) >= 11 is 0. The molecule has 2 aromatic carbocycles. The summed E-state index contributed by atoms with van der Waals surface area (Å²) in [4.78, 5) is 25.0. The first-order valence-electron chi connectivity index (χ1n) is 8.12. The first-order chi connectivity index (χ1) is 12.4. The number of phenols is 1. The van der Waals surface area contributed by atoms with Gasteiger partial charge in [-0.1, -0.05) is 19.9 Å². The number of rotatable bonds is 4. The minimum absolute atomic E-state index is 0.0582. The van der Waals surface area contributed by atoms with Gasteiger partial charge in [0, 0.05) is 5.56 Å². The van der Waals surface area contributed by atoms with Crippen molar-refractivity contribution in [1.82, 2.24) is 14.8 Å². The number of benzene rings is 2. The number of carbonyl (C=O) groups excluding carboxylic acids is 1. The van der Waals surface area contributed by atoms with E-state index in [9.17, 15) is 14.7 Å². The van der Waals surface area contributed by atoms with E-state index in [1.807, 2.05) is 13.8 Å². The molecule has 2 N–H and O–H groups in total. The summed E-state index contributed by atoms with van der Waals surface area (Å²) in [5, 5.41) is 16.5. The molecule has 7 nitrogen and oxygen atoms in total. The number of methoxy groups -OCH3 is 1. The fourth-order valence-electron chi connectivity index (χ4n) is 2.62. The zero-order chi connectivity index (χ0) is 18.8. The number of hydrogen-bond acceptors (Lipinski definition) is 5. The Morgan fingerprint density at radius 1 is 1.19 bits per heavy atom. The number of carbonyl (C=O) groups is 1. The second-order valence-electron chi connectivity index (χ2n) is 6.15. The van der Waals surface area contributed by atoms with Gasteiger partial charge in [-0.3, -0.25) is 4.79 Å². The summed E-state index contributed by atoms with van der Waals surface area (Å²) in [6.45, 7) is 4.02. The molecule has 0 atom stereocenters. The molecule has 3 aromatic rings. The normalized spacial score (nSPS) is 10.9. The van der Waals surface area contributed by atoms with Gasteiger partial charge in [0.05, 0.1) is 12.7 Å². The molecular weight excluding hydrogens is 334 g/mol. The molecule has 0 amide bonds. The second-order valence-corrected chi connectivity index (χ2v) is 6.15. The van der Waals surface area contributed by atoms with Crippen molar-refractivity contribution in [2.24, 2.45) is 0 Å². The number of hydrogen-bond donors (Lipinski definition) is 2. The highest BCUT2D eigenvalue weighted by molar-refractivity contribution is 5.98. The van der Waals surface area contributed by atoms with Gasteiger partial charge >= 0.3 is 5.69 Å². The van der Waals surface area contributed by atoms with Crippen molar-refractivity contribution in [3.63, 3.8) is 0 Å². The molecular formula is C19H19N3O4. The standard InChI is InChI=1S/C19H19N3O4/c1-11(2)13-6-9-16(23)15(10-13)17-20-21-19(25)22(17)18(24)12-4-7-14(26-3)8-5-12/h4-11,23H,1-3H3,(H,21,25). The lowest BCUT2D eigenvalue weighted by molar-refractivity contribution is 0.0958. The molecule has 0 spiro atoms. The van der Waals surface area contributed by atoms with E-state index in [0.717, 1.165) is 10.1 Å². The maximum absolute atomic E-state index is 12.8. The largest absolute Gasteiger partial charge is 0.507 e. The van der Waals surface area contributed by atoms with Gasteiger partial charge in [-0.25, -0.2) is 14.5 Å². The molecule has 0 radical (unpaired) electrons. The zero-order valence-electron chi connectivity index (χ0n) is 14.7. The van der Waals surface area contributed by atoms with Crippen LogP contribution in [0.3, 0.4) is 0 Å². The van der Waals surface area contributed by atoms with Crippen LogP contribution in [0.2, 0.25) is 0 Å². The maximum Gasteiger partial charge on any atom is 0.350 e. The predicted octanol–water partition coefficient (Wildman–Crippen LogP) is 2.76. The number of H-pyrrole nitrogens is 1. The van der Waals surface area contributed by atoms with Crippen LogP contribution in [0.4, 0.5) is 0 Å². The van der Waals surface area contributed by atoms with Crippen molar-refractivity contribution >= 4 is 5.91 Å². The Kier molecular flexibility index (Phi) is 4.62. The minimum Gasteiger partial charge on any atom is -0.507 e. The molecule has 0 saturated heterocycles. The Morgan fingerprint density at radius 3 is 2.50 bits per heavy atom. The molecule has 0 fully saturated rings. The molecule has 0 aliphatic rings. The Bertz CT molecular complexity index is 1000. The minimum atomic E-state index is -0.671. The first kappa shape index (κ1) is 17.5. The molecule has 0 aliphatic carbocycles. The van der Waals surface area contributed by atoms with E-state index in [1.54, 1.807) is 36.4 Å². The van der Waals surface area contributed by atoms with Crippen LogP contribution in [0.25, 0.3) is 11.4 Å². The van der Waals surface area contributed by atoms with Crippen molar-refractivity contribution in [2.45, 2.75) is 19.8 Å². The number of phenolic OH excluding ortho intramolecular Hbond substituents is 1. The van der Waals surface area contributed by atoms with Crippen LogP contribution in [-0.4, -0.2) is 32.9 Å². The lowest BCUT2D eigenvalue weighted by Gasteiger charge is -2.10. The molecule has 1 aromatic heterocycles. The number of aromatic hydroxyl groups is 1. The Morgan fingerprint density at radius 2 is 1.88 bits per heavy atom. The van der Waals surface area contributed by atoms with Crippen molar-refractivity contribution in [3.8, 4) is 22.9 Å². The van der Waals surface area contributed by atoms with E-state index in [1.165, 1.54) is 13.2 Å². The first-order valence-corrected chi connectivity index (χ1v) is 8.12. The van der Waals surface area contributed by atoms with Crippen LogP contribution in [0.5, 0.6) is 11.5 Å². The second kappa shape index (κ2) is 6.87. The Hall–Kier alpha value is -3.35. The summed E-state index contributed by atoms with van der Waals surface area (Å²) in [7, 11) is 1.53. The number of aromatic amines is 1. The molecule has 0 unspecified atom stereocenters. The highest BCUT2D eigenvalue weighted by Crippen LogP contribution is 2.30. The topological polar surface area (TPSA) is 97.2 Å². The van der Waals surface area contributed by atoms with E-state index in [0.29, 0.717) is 16.9 Å². The molecule has 7 heteroatoms. The molecule has 134 valence electrons. The van der Waals surface area contributed by atoms with Gasteiger partial charge in [-0.05, 0) is 47.9 Å². The van der Waals surface area contributed by atoms with Gasteiger partial charge in [0.25, 0.3) is 5.91 Å². The Balaban J connectivity index is 2.11. The fourth-order valence-corrected chi connectivity index (χ4v) is 2.62. The molecule has 0 bridgehead atoms. The number of ether oxygens (including phenoxy) is 1. The summed E-state index contributed by atoms with van der Waals surface area (Å²) in [6, 6.07) is 11.5. The fraction of sp³-hybridized carbons (Fsp3) is 0.211. The van der Waals surface area contributed by atoms with Crippen LogP contribution < -0.4 is 10.4 Å². The number of aromatic nitrogens is 3. The van der Waals surface area contributed by atoms with Crippen LogP contribution in [0.15, 0.2) is 47.3 Å². The average molecular weight is 353 g/mol. The van der Waals surface area contributed by atoms with E-state index < -0.39 is 11.6 Å². The van der Waals surface area contributed by atoms with E-state index in [2.05, 4.69) is 10.2 Å². The lowest BCUT2D eigenvalue weighted by atomic mass is 10.00. The zero-order valence-corrected chi connectivity index (χ0v) is 14.7. The van der Waals surface area contributed by atoms with Gasteiger partial charge in [-0.15, -0.1) is 0 Å². The third kappa shape index (κ3) is 3.11. The highest BCUT2D eigenvalue weighted by atomic mass is 16.5.